The van der Waals surface area contributed by atoms with Crippen molar-refractivity contribution in [2.75, 3.05) is 11.9 Å². The number of ketones is 1. The first-order valence-electron chi connectivity index (χ1n) is 11.2. The first-order chi connectivity index (χ1) is 17.0. The van der Waals surface area contributed by atoms with Crippen molar-refractivity contribution >= 4 is 34.1 Å². The van der Waals surface area contributed by atoms with E-state index in [4.69, 9.17) is 0 Å². The molecule has 178 valence electrons. The van der Waals surface area contributed by atoms with Gasteiger partial charge < -0.3 is 15.2 Å². The maximum atomic E-state index is 12.7. The topological polar surface area (TPSA) is 106 Å². The minimum absolute atomic E-state index is 0.0822. The normalized spacial score (nSPS) is 10.7. The molecule has 0 fully saturated rings. The standard InChI is InChI=1S/C26H25N5O3S/c1-31-13-10-21(16-31)25(34)28-15-24(33)30-26-29-22(17-35-26)19-5-3-6-20(14-19)23(32)7-2-4-18-8-11-27-12-9-18/h3,5-6,8-14,16-17H,2,4,7,15H2,1H3,(H,28,34)(H,29,30,33). The summed E-state index contributed by atoms with van der Waals surface area (Å²) in [5, 5.41) is 7.54. The summed E-state index contributed by atoms with van der Waals surface area (Å²) in [6, 6.07) is 13.0. The van der Waals surface area contributed by atoms with Crippen LogP contribution in [0.15, 0.2) is 72.6 Å². The summed E-state index contributed by atoms with van der Waals surface area (Å²) in [5.74, 6) is -0.602. The van der Waals surface area contributed by atoms with Crippen LogP contribution in [-0.2, 0) is 18.3 Å². The van der Waals surface area contributed by atoms with Crippen molar-refractivity contribution in [1.29, 1.82) is 0 Å². The number of carbonyl (C=O) groups excluding carboxylic acids is 3. The third kappa shape index (κ3) is 6.70. The van der Waals surface area contributed by atoms with E-state index in [2.05, 4.69) is 20.6 Å². The molecule has 4 aromatic rings. The molecule has 0 bridgehead atoms. The third-order valence-electron chi connectivity index (χ3n) is 5.35. The van der Waals surface area contributed by atoms with Crippen LogP contribution in [0.2, 0.25) is 0 Å². The first-order valence-corrected chi connectivity index (χ1v) is 12.0. The van der Waals surface area contributed by atoms with Gasteiger partial charge in [-0.1, -0.05) is 18.2 Å². The monoisotopic (exact) mass is 487 g/mol. The van der Waals surface area contributed by atoms with Crippen molar-refractivity contribution in [2.24, 2.45) is 7.05 Å². The zero-order valence-electron chi connectivity index (χ0n) is 19.2. The number of thiazole rings is 1. The molecule has 2 amide bonds. The fraction of sp³-hybridized carbons (Fsp3) is 0.192. The molecule has 0 radical (unpaired) electrons. The number of nitrogens with zero attached hydrogens (tertiary/aromatic N) is 3. The molecule has 8 nitrogen and oxygen atoms in total. The number of aromatic nitrogens is 3. The summed E-state index contributed by atoms with van der Waals surface area (Å²) in [4.78, 5) is 45.5. The number of anilines is 1. The van der Waals surface area contributed by atoms with Crippen molar-refractivity contribution in [3.05, 3.63) is 89.3 Å². The molecule has 0 atom stereocenters. The van der Waals surface area contributed by atoms with Crippen molar-refractivity contribution in [3.63, 3.8) is 0 Å². The van der Waals surface area contributed by atoms with Gasteiger partial charge in [0.25, 0.3) is 5.91 Å². The molecule has 0 aliphatic rings. The Morgan fingerprint density at radius 2 is 1.89 bits per heavy atom. The molecule has 35 heavy (non-hydrogen) atoms. The second kappa shape index (κ2) is 11.3. The van der Waals surface area contributed by atoms with Crippen molar-refractivity contribution in [3.8, 4) is 11.3 Å². The Hall–Kier alpha value is -4.11. The fourth-order valence-corrected chi connectivity index (χ4v) is 4.26. The lowest BCUT2D eigenvalue weighted by Gasteiger charge is -2.05. The number of hydrogen-bond donors (Lipinski definition) is 2. The zero-order chi connectivity index (χ0) is 24.6. The van der Waals surface area contributed by atoms with Gasteiger partial charge in [0.15, 0.2) is 10.9 Å². The number of aryl methyl sites for hydroxylation is 2. The molecule has 3 aromatic heterocycles. The van der Waals surface area contributed by atoms with Crippen LogP contribution < -0.4 is 10.6 Å². The Balaban J connectivity index is 1.30. The zero-order valence-corrected chi connectivity index (χ0v) is 20.0. The predicted octanol–water partition coefficient (Wildman–Crippen LogP) is 4.12. The number of hydrogen-bond acceptors (Lipinski definition) is 6. The van der Waals surface area contributed by atoms with Crippen molar-refractivity contribution in [2.45, 2.75) is 19.3 Å². The summed E-state index contributed by atoms with van der Waals surface area (Å²) in [6.45, 7) is -0.161. The molecule has 9 heteroatoms. The fourth-order valence-electron chi connectivity index (χ4n) is 3.53. The largest absolute Gasteiger partial charge is 0.356 e. The van der Waals surface area contributed by atoms with Gasteiger partial charge in [-0.25, -0.2) is 4.98 Å². The summed E-state index contributed by atoms with van der Waals surface area (Å²) in [7, 11) is 1.82. The number of rotatable bonds is 10. The van der Waals surface area contributed by atoms with Crippen LogP contribution in [-0.4, -0.2) is 38.7 Å². The van der Waals surface area contributed by atoms with Crippen LogP contribution in [0.25, 0.3) is 11.3 Å². The van der Waals surface area contributed by atoms with Gasteiger partial charge in [0.1, 0.15) is 0 Å². The van der Waals surface area contributed by atoms with Crippen LogP contribution >= 0.6 is 11.3 Å². The predicted molar refractivity (Wildman–Crippen MR) is 135 cm³/mol. The van der Waals surface area contributed by atoms with Gasteiger partial charge >= 0.3 is 0 Å². The average molecular weight is 488 g/mol. The maximum absolute atomic E-state index is 12.7. The van der Waals surface area contributed by atoms with Gasteiger partial charge in [0, 0.05) is 54.8 Å². The van der Waals surface area contributed by atoms with E-state index in [0.717, 1.165) is 18.4 Å². The molecule has 2 N–H and O–H groups in total. The van der Waals surface area contributed by atoms with E-state index < -0.39 is 0 Å². The minimum atomic E-state index is -0.367. The lowest BCUT2D eigenvalue weighted by atomic mass is 10.0. The number of nitrogens with one attached hydrogen (secondary N) is 2. The highest BCUT2D eigenvalue weighted by molar-refractivity contribution is 7.14. The van der Waals surface area contributed by atoms with E-state index in [0.29, 0.717) is 28.4 Å². The molecule has 0 aliphatic heterocycles. The molecule has 0 saturated carbocycles. The second-order valence-electron chi connectivity index (χ2n) is 8.05. The second-order valence-corrected chi connectivity index (χ2v) is 8.91. The maximum Gasteiger partial charge on any atom is 0.253 e. The number of pyridine rings is 1. The molecular formula is C26H25N5O3S. The van der Waals surface area contributed by atoms with Gasteiger partial charge in [-0.2, -0.15) is 0 Å². The van der Waals surface area contributed by atoms with E-state index in [1.165, 1.54) is 16.9 Å². The van der Waals surface area contributed by atoms with E-state index in [1.54, 1.807) is 35.4 Å². The van der Waals surface area contributed by atoms with Crippen LogP contribution in [0.1, 0.15) is 39.1 Å². The summed E-state index contributed by atoms with van der Waals surface area (Å²) in [5.41, 5.74) is 3.77. The molecule has 0 spiro atoms. The van der Waals surface area contributed by atoms with Crippen LogP contribution in [0.3, 0.4) is 0 Å². The Labute approximate surface area is 207 Å². The highest BCUT2D eigenvalue weighted by Crippen LogP contribution is 2.26. The van der Waals surface area contributed by atoms with Gasteiger partial charge in [-0.3, -0.25) is 19.4 Å². The van der Waals surface area contributed by atoms with Crippen molar-refractivity contribution < 1.29 is 14.4 Å². The first kappa shape index (κ1) is 24.0. The third-order valence-corrected chi connectivity index (χ3v) is 6.11. The highest BCUT2D eigenvalue weighted by Gasteiger charge is 2.13. The van der Waals surface area contributed by atoms with Gasteiger partial charge in [-0.05, 0) is 42.7 Å². The van der Waals surface area contributed by atoms with Crippen LogP contribution in [0.5, 0.6) is 0 Å². The SMILES string of the molecule is Cn1ccc(C(=O)NCC(=O)Nc2nc(-c3cccc(C(=O)CCCc4ccncc4)c3)cs2)c1. The van der Waals surface area contributed by atoms with Gasteiger partial charge in [0.05, 0.1) is 17.8 Å². The van der Waals surface area contributed by atoms with Crippen molar-refractivity contribution in [1.82, 2.24) is 19.9 Å². The number of Topliss-reactive ketones (excluding diaryl/α,β-unsaturated/α-hetero) is 1. The smallest absolute Gasteiger partial charge is 0.253 e. The van der Waals surface area contributed by atoms with E-state index >= 15 is 0 Å². The molecule has 0 aliphatic carbocycles. The Morgan fingerprint density at radius 1 is 1.06 bits per heavy atom. The summed E-state index contributed by atoms with van der Waals surface area (Å²) >= 11 is 1.28. The molecule has 1 aromatic carbocycles. The van der Waals surface area contributed by atoms with E-state index in [-0.39, 0.29) is 24.1 Å². The Morgan fingerprint density at radius 3 is 2.66 bits per heavy atom. The van der Waals surface area contributed by atoms with Gasteiger partial charge in [-0.15, -0.1) is 11.3 Å². The highest BCUT2D eigenvalue weighted by atomic mass is 32.1. The molecule has 3 heterocycles. The number of benzene rings is 1. The number of amides is 2. The van der Waals surface area contributed by atoms with Crippen LogP contribution in [0, 0.1) is 0 Å². The quantitative estimate of drug-likeness (QED) is 0.327. The Kier molecular flexibility index (Phi) is 7.79. The van der Waals surface area contributed by atoms with Crippen LogP contribution in [0.4, 0.5) is 5.13 Å². The lowest BCUT2D eigenvalue weighted by Crippen LogP contribution is -2.32. The lowest BCUT2D eigenvalue weighted by molar-refractivity contribution is -0.115. The molecule has 0 saturated heterocycles. The summed E-state index contributed by atoms with van der Waals surface area (Å²) < 4.78 is 1.76. The minimum Gasteiger partial charge on any atom is -0.356 e. The molecule has 4 rings (SSSR count). The van der Waals surface area contributed by atoms with E-state index in [9.17, 15) is 14.4 Å². The van der Waals surface area contributed by atoms with E-state index in [1.807, 2.05) is 48.8 Å². The molecule has 0 unspecified atom stereocenters. The molecular weight excluding hydrogens is 462 g/mol. The van der Waals surface area contributed by atoms with Gasteiger partial charge in [0.2, 0.25) is 5.91 Å². The number of carbonyl (C=O) groups is 3. The average Bonchev–Trinajstić information content (AvgIpc) is 3.52. The Bertz CT molecular complexity index is 1330. The summed E-state index contributed by atoms with van der Waals surface area (Å²) in [6.07, 6.45) is 9.00.